The summed E-state index contributed by atoms with van der Waals surface area (Å²) in [5, 5.41) is 17.8. The van der Waals surface area contributed by atoms with Crippen molar-refractivity contribution in [2.75, 3.05) is 6.54 Å². The number of aliphatic carboxylic acids is 2. The Morgan fingerprint density at radius 3 is 1.67 bits per heavy atom. The summed E-state index contributed by atoms with van der Waals surface area (Å²) in [6.45, 7) is 2.68. The minimum atomic E-state index is -1.08. The van der Waals surface area contributed by atoms with E-state index in [0.29, 0.717) is 0 Å². The molecule has 0 fully saturated rings. The van der Waals surface area contributed by atoms with Crippen molar-refractivity contribution in [1.82, 2.24) is 0 Å². The third-order valence-corrected chi connectivity index (χ3v) is 1.28. The van der Waals surface area contributed by atoms with Gasteiger partial charge < -0.3 is 25.5 Å². The summed E-state index contributed by atoms with van der Waals surface area (Å²) in [5.74, 6) is -2.17. The van der Waals surface area contributed by atoms with Gasteiger partial charge in [0.2, 0.25) is 0 Å². The number of hydrogen-bond acceptors (Lipinski definition) is 5. The Bertz CT molecular complexity index is 297. The van der Waals surface area contributed by atoms with Gasteiger partial charge >= 0.3 is 17.1 Å². The van der Waals surface area contributed by atoms with Gasteiger partial charge in [-0.2, -0.15) is 0 Å². The summed E-state index contributed by atoms with van der Waals surface area (Å²) in [6.07, 6.45) is 0.987. The van der Waals surface area contributed by atoms with Crippen LogP contribution in [0.5, 0.6) is 0 Å². The molecule has 0 saturated heterocycles. The predicted octanol–water partition coefficient (Wildman–Crippen LogP) is -1.30. The van der Waals surface area contributed by atoms with E-state index in [9.17, 15) is 0 Å². The van der Waals surface area contributed by atoms with Gasteiger partial charge in [0.05, 0.1) is 0 Å². The Balaban J connectivity index is -0.000000214. The van der Waals surface area contributed by atoms with Gasteiger partial charge in [0.1, 0.15) is 0 Å². The average molecular weight is 303 g/mol. The second-order valence-electron chi connectivity index (χ2n) is 3.01. The molecule has 0 heterocycles. The number of rotatable bonds is 2. The van der Waals surface area contributed by atoms with Gasteiger partial charge in [-0.1, -0.05) is 30.3 Å². The monoisotopic (exact) mass is 302 g/mol. The standard InChI is InChI=1S/C8H11N.2C2H4O2.Cu/c9-7-6-8-4-2-1-3-5-8;2*1-2(3)4;/h1-5H,6-7,9H2;2*1H3,(H,3,4);/q;;;+2/p-2. The molecule has 0 aromatic heterocycles. The molecule has 18 heavy (non-hydrogen) atoms. The van der Waals surface area contributed by atoms with Gasteiger partial charge in [-0.05, 0) is 32.4 Å². The van der Waals surface area contributed by atoms with Crippen LogP contribution in [0.15, 0.2) is 30.3 Å². The van der Waals surface area contributed by atoms with E-state index in [2.05, 4.69) is 12.1 Å². The Hall–Kier alpha value is -1.36. The van der Waals surface area contributed by atoms with Crippen molar-refractivity contribution in [3.63, 3.8) is 0 Å². The van der Waals surface area contributed by atoms with E-state index in [1.165, 1.54) is 5.56 Å². The van der Waals surface area contributed by atoms with Gasteiger partial charge in [-0.15, -0.1) is 0 Å². The van der Waals surface area contributed by atoms with Crippen molar-refractivity contribution >= 4 is 11.9 Å². The molecule has 0 atom stereocenters. The summed E-state index contributed by atoms with van der Waals surface area (Å²) < 4.78 is 0. The Morgan fingerprint density at radius 1 is 1.06 bits per heavy atom. The summed E-state index contributed by atoms with van der Waals surface area (Å²) in [6, 6.07) is 10.3. The van der Waals surface area contributed by atoms with E-state index in [1.807, 2.05) is 18.2 Å². The van der Waals surface area contributed by atoms with Crippen LogP contribution in [0.25, 0.3) is 0 Å². The van der Waals surface area contributed by atoms with E-state index in [1.54, 1.807) is 0 Å². The van der Waals surface area contributed by atoms with Crippen LogP contribution in [-0.2, 0) is 33.1 Å². The topological polar surface area (TPSA) is 106 Å². The molecule has 1 aromatic rings. The zero-order valence-corrected chi connectivity index (χ0v) is 11.3. The fraction of sp³-hybridized carbons (Fsp3) is 0.333. The Morgan fingerprint density at radius 2 is 1.39 bits per heavy atom. The molecule has 1 rings (SSSR count). The van der Waals surface area contributed by atoms with Gasteiger partial charge in [-0.25, -0.2) is 0 Å². The predicted molar refractivity (Wildman–Crippen MR) is 60.6 cm³/mol. The third kappa shape index (κ3) is 29.3. The molecule has 0 unspecified atom stereocenters. The molecule has 6 heteroatoms. The first kappa shape index (κ1) is 21.9. The van der Waals surface area contributed by atoms with E-state index < -0.39 is 11.9 Å². The number of benzene rings is 1. The van der Waals surface area contributed by atoms with Crippen LogP contribution in [-0.4, -0.2) is 18.5 Å². The fourth-order valence-electron chi connectivity index (χ4n) is 0.811. The summed E-state index contributed by atoms with van der Waals surface area (Å²) in [4.78, 5) is 17.8. The first-order valence-corrected chi connectivity index (χ1v) is 4.99. The van der Waals surface area contributed by atoms with Gasteiger partial charge in [0, 0.05) is 11.9 Å². The van der Waals surface area contributed by atoms with Crippen LogP contribution < -0.4 is 15.9 Å². The number of carbonyl (C=O) groups is 2. The van der Waals surface area contributed by atoms with Crippen LogP contribution in [0.4, 0.5) is 0 Å². The molecular weight excluding hydrogens is 286 g/mol. The van der Waals surface area contributed by atoms with Crippen molar-refractivity contribution in [1.29, 1.82) is 0 Å². The van der Waals surface area contributed by atoms with Crippen molar-refractivity contribution in [2.45, 2.75) is 20.3 Å². The molecule has 0 aliphatic heterocycles. The van der Waals surface area contributed by atoms with Crippen LogP contribution in [0.2, 0.25) is 0 Å². The maximum Gasteiger partial charge on any atom is 2.00 e. The van der Waals surface area contributed by atoms with Crippen LogP contribution in [0.3, 0.4) is 0 Å². The van der Waals surface area contributed by atoms with Crippen LogP contribution in [0.1, 0.15) is 19.4 Å². The summed E-state index contributed by atoms with van der Waals surface area (Å²) >= 11 is 0. The van der Waals surface area contributed by atoms with Gasteiger partial charge in [0.15, 0.2) is 0 Å². The van der Waals surface area contributed by atoms with E-state index >= 15 is 0 Å². The van der Waals surface area contributed by atoms with Gasteiger partial charge in [0.25, 0.3) is 0 Å². The van der Waals surface area contributed by atoms with Crippen molar-refractivity contribution in [2.24, 2.45) is 5.73 Å². The molecule has 1 radical (unpaired) electrons. The average Bonchev–Trinajstić information content (AvgIpc) is 2.18. The maximum atomic E-state index is 8.89. The molecule has 0 aliphatic carbocycles. The minimum absolute atomic E-state index is 0. The molecular formula is C12H17CuNO4. The third-order valence-electron chi connectivity index (χ3n) is 1.28. The second kappa shape index (κ2) is 15.6. The van der Waals surface area contributed by atoms with E-state index in [4.69, 9.17) is 25.5 Å². The molecule has 0 spiro atoms. The summed E-state index contributed by atoms with van der Waals surface area (Å²) in [7, 11) is 0. The number of hydrogen-bond donors (Lipinski definition) is 1. The molecule has 0 bridgehead atoms. The largest absolute Gasteiger partial charge is 2.00 e. The second-order valence-corrected chi connectivity index (χ2v) is 3.01. The Labute approximate surface area is 117 Å². The number of carboxylic acids is 2. The normalized spacial score (nSPS) is 7.50. The van der Waals surface area contributed by atoms with E-state index in [-0.39, 0.29) is 17.1 Å². The molecule has 2 N–H and O–H groups in total. The fourth-order valence-corrected chi connectivity index (χ4v) is 0.811. The first-order chi connectivity index (χ1) is 7.90. The van der Waals surface area contributed by atoms with E-state index in [0.717, 1.165) is 26.8 Å². The minimum Gasteiger partial charge on any atom is -0.550 e. The molecule has 5 nitrogen and oxygen atoms in total. The first-order valence-electron chi connectivity index (χ1n) is 4.99. The smallest absolute Gasteiger partial charge is 0.550 e. The number of carboxylic acid groups (broad SMARTS) is 2. The maximum absolute atomic E-state index is 8.89. The summed E-state index contributed by atoms with van der Waals surface area (Å²) in [5.41, 5.74) is 6.68. The van der Waals surface area contributed by atoms with Crippen molar-refractivity contribution < 1.29 is 36.9 Å². The SMILES string of the molecule is CC(=O)[O-].CC(=O)[O-].NCCc1ccccc1.[Cu+2]. The van der Waals surface area contributed by atoms with Crippen LogP contribution in [0, 0.1) is 0 Å². The zero-order chi connectivity index (χ0) is 13.7. The molecule has 105 valence electrons. The van der Waals surface area contributed by atoms with Crippen molar-refractivity contribution in [3.05, 3.63) is 35.9 Å². The number of carbonyl (C=O) groups excluding carboxylic acids is 2. The quantitative estimate of drug-likeness (QED) is 0.683. The van der Waals surface area contributed by atoms with Gasteiger partial charge in [-0.3, -0.25) is 0 Å². The Kier molecular flexibility index (Phi) is 19.0. The van der Waals surface area contributed by atoms with Crippen molar-refractivity contribution in [3.8, 4) is 0 Å². The van der Waals surface area contributed by atoms with Crippen LogP contribution >= 0.6 is 0 Å². The molecule has 0 aliphatic rings. The number of nitrogens with two attached hydrogens (primary N) is 1. The zero-order valence-electron chi connectivity index (χ0n) is 10.3. The molecule has 1 aromatic carbocycles. The molecule has 0 amide bonds. The molecule has 0 saturated carbocycles.